The van der Waals surface area contributed by atoms with Gasteiger partial charge in [0, 0.05) is 30.2 Å². The number of nitrogens with one attached hydrogen (secondary N) is 3. The van der Waals surface area contributed by atoms with Gasteiger partial charge in [-0.1, -0.05) is 56.4 Å². The van der Waals surface area contributed by atoms with Crippen LogP contribution in [0.15, 0.2) is 72.8 Å². The van der Waals surface area contributed by atoms with Crippen LogP contribution >= 0.6 is 11.3 Å². The molecule has 5 rings (SSSR count). The molecule has 204 valence electrons. The van der Waals surface area contributed by atoms with E-state index in [0.29, 0.717) is 44.0 Å². The van der Waals surface area contributed by atoms with Gasteiger partial charge in [0.15, 0.2) is 10.9 Å². The molecule has 0 aliphatic carbocycles. The number of carbonyl (C=O) groups excluding carboxylic acids is 2. The molecule has 0 spiro atoms. The molecule has 0 fully saturated rings. The van der Waals surface area contributed by atoms with Crippen LogP contribution in [0, 0.1) is 0 Å². The number of urea groups is 1. The first kappa shape index (κ1) is 26.7. The van der Waals surface area contributed by atoms with Gasteiger partial charge in [0.2, 0.25) is 5.91 Å². The van der Waals surface area contributed by atoms with Crippen molar-refractivity contribution in [1.29, 1.82) is 0 Å². The van der Waals surface area contributed by atoms with Crippen LogP contribution in [-0.2, 0) is 10.2 Å². The van der Waals surface area contributed by atoms with Gasteiger partial charge in [-0.3, -0.25) is 10.1 Å². The third kappa shape index (κ3) is 5.89. The lowest BCUT2D eigenvalue weighted by atomic mass is 9.92. The van der Waals surface area contributed by atoms with E-state index in [1.807, 2.05) is 36.4 Å². The van der Waals surface area contributed by atoms with Crippen molar-refractivity contribution in [3.05, 3.63) is 78.5 Å². The molecule has 3 aromatic carbocycles. The lowest BCUT2D eigenvalue weighted by molar-refractivity contribution is -0.114. The molecule has 2 heterocycles. The number of benzene rings is 3. The summed E-state index contributed by atoms with van der Waals surface area (Å²) in [6, 6.07) is 21.6. The van der Waals surface area contributed by atoms with Crippen LogP contribution < -0.4 is 26.4 Å². The minimum absolute atomic E-state index is 0.200. The van der Waals surface area contributed by atoms with E-state index in [1.165, 1.54) is 18.3 Å². The van der Waals surface area contributed by atoms with Crippen LogP contribution in [0.25, 0.3) is 15.9 Å². The third-order valence-corrected chi connectivity index (χ3v) is 6.90. The lowest BCUT2D eigenvalue weighted by Gasteiger charge is -2.14. The highest BCUT2D eigenvalue weighted by atomic mass is 32.1. The first-order chi connectivity index (χ1) is 19.1. The largest absolute Gasteiger partial charge is 0.455 e. The average Bonchev–Trinajstić information content (AvgIpc) is 3.50. The Morgan fingerprint density at radius 1 is 0.950 bits per heavy atom. The Morgan fingerprint density at radius 2 is 1.73 bits per heavy atom. The molecule has 11 heteroatoms. The second-order valence-electron chi connectivity index (χ2n) is 10.1. The molecule has 0 unspecified atom stereocenters. The molecule has 0 aliphatic rings. The summed E-state index contributed by atoms with van der Waals surface area (Å²) in [7, 11) is 0. The Kier molecular flexibility index (Phi) is 7.14. The fourth-order valence-corrected chi connectivity index (χ4v) is 4.89. The summed E-state index contributed by atoms with van der Waals surface area (Å²) < 4.78 is 8.47. The SMILES string of the molecule is CC(=O)Nc1nc2ccc(Oc3cccc(NC(=O)Nc4cc(C(C)(C)C)nn4-c4ccccc4)c3)c(N)c2s1. The van der Waals surface area contributed by atoms with Crippen LogP contribution in [0.3, 0.4) is 0 Å². The highest BCUT2D eigenvalue weighted by Gasteiger charge is 2.21. The molecule has 0 saturated heterocycles. The second kappa shape index (κ2) is 10.7. The van der Waals surface area contributed by atoms with Crippen molar-refractivity contribution >= 4 is 55.8 Å². The molecule has 3 amide bonds. The van der Waals surface area contributed by atoms with E-state index in [2.05, 4.69) is 41.7 Å². The second-order valence-corrected chi connectivity index (χ2v) is 11.1. The Hall–Kier alpha value is -4.90. The predicted molar refractivity (Wildman–Crippen MR) is 160 cm³/mol. The van der Waals surface area contributed by atoms with Crippen LogP contribution in [0.1, 0.15) is 33.4 Å². The molecule has 0 radical (unpaired) electrons. The zero-order chi connectivity index (χ0) is 28.4. The molecule has 5 N–H and O–H groups in total. The molecule has 40 heavy (non-hydrogen) atoms. The summed E-state index contributed by atoms with van der Waals surface area (Å²) >= 11 is 1.27. The average molecular weight is 556 g/mol. The van der Waals surface area contributed by atoms with Gasteiger partial charge in [-0.05, 0) is 36.4 Å². The van der Waals surface area contributed by atoms with E-state index < -0.39 is 6.03 Å². The zero-order valence-electron chi connectivity index (χ0n) is 22.5. The van der Waals surface area contributed by atoms with Gasteiger partial charge in [0.1, 0.15) is 11.6 Å². The fraction of sp³-hybridized carbons (Fsp3) is 0.172. The molecule has 10 nitrogen and oxygen atoms in total. The molecular weight excluding hydrogens is 526 g/mol. The quantitative estimate of drug-likeness (QED) is 0.171. The number of thiazole rings is 1. The zero-order valence-corrected chi connectivity index (χ0v) is 23.3. The maximum atomic E-state index is 13.0. The summed E-state index contributed by atoms with van der Waals surface area (Å²) in [6.45, 7) is 7.64. The number of amides is 3. The smallest absolute Gasteiger partial charge is 0.324 e. The summed E-state index contributed by atoms with van der Waals surface area (Å²) in [5.41, 5.74) is 9.44. The Balaban J connectivity index is 1.33. The number of fused-ring (bicyclic) bond motifs is 1. The molecular formula is C29H29N7O3S. The van der Waals surface area contributed by atoms with Crippen molar-refractivity contribution < 1.29 is 14.3 Å². The summed E-state index contributed by atoms with van der Waals surface area (Å²) in [4.78, 5) is 28.8. The van der Waals surface area contributed by atoms with Gasteiger partial charge in [-0.25, -0.2) is 14.5 Å². The first-order valence-corrected chi connectivity index (χ1v) is 13.4. The number of hydrogen-bond acceptors (Lipinski definition) is 7. The summed E-state index contributed by atoms with van der Waals surface area (Å²) in [6.07, 6.45) is 0. The molecule has 2 aromatic heterocycles. The van der Waals surface area contributed by atoms with Crippen LogP contribution in [0.5, 0.6) is 11.5 Å². The Bertz CT molecular complexity index is 1700. The number of anilines is 4. The van der Waals surface area contributed by atoms with Crippen LogP contribution in [-0.4, -0.2) is 26.7 Å². The number of hydrogen-bond donors (Lipinski definition) is 4. The van der Waals surface area contributed by atoms with Crippen molar-refractivity contribution in [3.8, 4) is 17.2 Å². The van der Waals surface area contributed by atoms with E-state index in [-0.39, 0.29) is 11.3 Å². The van der Waals surface area contributed by atoms with Gasteiger partial charge in [0.25, 0.3) is 0 Å². The predicted octanol–water partition coefficient (Wildman–Crippen LogP) is 6.76. The molecule has 0 saturated carbocycles. The van der Waals surface area contributed by atoms with E-state index in [9.17, 15) is 9.59 Å². The van der Waals surface area contributed by atoms with Crippen LogP contribution in [0.2, 0.25) is 0 Å². The molecule has 0 bridgehead atoms. The number of aromatic nitrogens is 3. The van der Waals surface area contributed by atoms with E-state index in [1.54, 1.807) is 41.1 Å². The normalized spacial score (nSPS) is 11.3. The Morgan fingerprint density at radius 3 is 2.45 bits per heavy atom. The van der Waals surface area contributed by atoms with Crippen LogP contribution in [0.4, 0.5) is 27.1 Å². The summed E-state index contributed by atoms with van der Waals surface area (Å²) in [5.74, 6) is 1.26. The lowest BCUT2D eigenvalue weighted by Crippen LogP contribution is -2.21. The minimum atomic E-state index is -0.425. The van der Waals surface area contributed by atoms with Crippen molar-refractivity contribution in [2.45, 2.75) is 33.1 Å². The first-order valence-electron chi connectivity index (χ1n) is 12.6. The van der Waals surface area contributed by atoms with Gasteiger partial charge >= 0.3 is 6.03 Å². The van der Waals surface area contributed by atoms with E-state index in [4.69, 9.17) is 15.6 Å². The third-order valence-electron chi connectivity index (χ3n) is 5.88. The number of nitrogens with two attached hydrogens (primary N) is 1. The van der Waals surface area contributed by atoms with Crippen molar-refractivity contribution in [3.63, 3.8) is 0 Å². The van der Waals surface area contributed by atoms with E-state index in [0.717, 1.165) is 11.4 Å². The molecule has 5 aromatic rings. The van der Waals surface area contributed by atoms with Crippen molar-refractivity contribution in [2.24, 2.45) is 0 Å². The van der Waals surface area contributed by atoms with Gasteiger partial charge in [-0.2, -0.15) is 5.10 Å². The van der Waals surface area contributed by atoms with Crippen molar-refractivity contribution in [1.82, 2.24) is 14.8 Å². The standard InChI is InChI=1S/C29H29N7O3S/c1-17(37)31-28-33-21-13-14-22(25(30)26(21)40-28)39-20-12-8-9-18(15-20)32-27(38)34-24-16-23(29(2,3)4)35-36(24)19-10-6-5-7-11-19/h5-16H,30H2,1-4H3,(H,31,33,37)(H2,32,34,38). The summed E-state index contributed by atoms with van der Waals surface area (Å²) in [5, 5.41) is 13.7. The maximum Gasteiger partial charge on any atom is 0.324 e. The number of nitrogens with zero attached hydrogens (tertiary/aromatic N) is 3. The number of carbonyl (C=O) groups is 2. The monoisotopic (exact) mass is 555 g/mol. The highest BCUT2D eigenvalue weighted by molar-refractivity contribution is 7.23. The number of ether oxygens (including phenoxy) is 1. The topological polar surface area (TPSA) is 136 Å². The Labute approximate surface area is 235 Å². The van der Waals surface area contributed by atoms with E-state index >= 15 is 0 Å². The number of rotatable bonds is 6. The maximum absolute atomic E-state index is 13.0. The fourth-order valence-electron chi connectivity index (χ4n) is 3.93. The van der Waals surface area contributed by atoms with Gasteiger partial charge in [-0.15, -0.1) is 0 Å². The molecule has 0 aliphatic heterocycles. The van der Waals surface area contributed by atoms with Gasteiger partial charge in [0.05, 0.1) is 27.3 Å². The number of para-hydroxylation sites is 1. The molecule has 0 atom stereocenters. The minimum Gasteiger partial charge on any atom is -0.455 e. The number of nitrogen functional groups attached to an aromatic ring is 1. The van der Waals surface area contributed by atoms with Crippen molar-refractivity contribution in [2.75, 3.05) is 21.7 Å². The van der Waals surface area contributed by atoms with Gasteiger partial charge < -0.3 is 21.1 Å². The highest BCUT2D eigenvalue weighted by Crippen LogP contribution is 2.38.